The number of nitrogens with zero attached hydrogens (tertiary/aromatic N) is 5. The molecule has 40 heavy (non-hydrogen) atoms. The van der Waals surface area contributed by atoms with Crippen LogP contribution in [0, 0.1) is 0 Å². The molecule has 3 aliphatic heterocycles. The highest BCUT2D eigenvalue weighted by molar-refractivity contribution is 7.80. The molecule has 3 fully saturated rings. The standard InChI is InChI=1S/C24H37N5O10S/c1-23(2,3)36-21(31)26-12-16(13-26)27(22(32)37-24(4,5)6)10-9-17-11-18(25-38-17)19-8-7-15-14-28(19)20(30)29(15)39-40(33,34)35/h11,15-16,19H,7-10,12-14H2,1-6H3,(H,33,34,35)/t15-,19-/m0/s1. The number of aromatic nitrogens is 1. The van der Waals surface area contributed by atoms with Crippen LogP contribution in [-0.2, 0) is 30.6 Å². The molecule has 0 aromatic carbocycles. The number of urea groups is 1. The fourth-order valence-electron chi connectivity index (χ4n) is 4.84. The second-order valence-electron chi connectivity index (χ2n) is 12.2. The van der Waals surface area contributed by atoms with E-state index in [0.717, 1.165) is 0 Å². The molecule has 1 aromatic heterocycles. The predicted molar refractivity (Wildman–Crippen MR) is 137 cm³/mol. The molecule has 3 saturated heterocycles. The summed E-state index contributed by atoms with van der Waals surface area (Å²) in [6, 6.07) is -0.234. The van der Waals surface area contributed by atoms with Crippen LogP contribution in [0.3, 0.4) is 0 Å². The Morgan fingerprint density at radius 3 is 2.35 bits per heavy atom. The molecule has 2 atom stereocenters. The number of fused-ring (bicyclic) bond motifs is 2. The van der Waals surface area contributed by atoms with Crippen LogP contribution in [0.4, 0.5) is 14.4 Å². The third-order valence-corrected chi connectivity index (χ3v) is 6.95. The summed E-state index contributed by atoms with van der Waals surface area (Å²) in [4.78, 5) is 42.6. The number of piperidine rings is 1. The minimum atomic E-state index is -4.84. The van der Waals surface area contributed by atoms with E-state index in [1.54, 1.807) is 52.5 Å². The van der Waals surface area contributed by atoms with Crippen molar-refractivity contribution in [3.8, 4) is 0 Å². The molecule has 1 aromatic rings. The van der Waals surface area contributed by atoms with Gasteiger partial charge in [-0.1, -0.05) is 5.16 Å². The summed E-state index contributed by atoms with van der Waals surface area (Å²) in [5.74, 6) is 0.478. The van der Waals surface area contributed by atoms with E-state index >= 15 is 0 Å². The number of rotatable bonds is 7. The van der Waals surface area contributed by atoms with Crippen molar-refractivity contribution in [2.75, 3.05) is 26.2 Å². The molecule has 1 N–H and O–H groups in total. The second kappa shape index (κ2) is 10.7. The number of ether oxygens (including phenoxy) is 2. The molecule has 0 unspecified atom stereocenters. The summed E-state index contributed by atoms with van der Waals surface area (Å²) in [7, 11) is -4.84. The highest BCUT2D eigenvalue weighted by atomic mass is 32.3. The van der Waals surface area contributed by atoms with Crippen LogP contribution in [0.25, 0.3) is 0 Å². The van der Waals surface area contributed by atoms with Crippen molar-refractivity contribution in [1.82, 2.24) is 24.9 Å². The Bertz CT molecular complexity index is 1230. The Hall–Kier alpha value is -3.11. The zero-order chi connectivity index (χ0) is 29.6. The highest BCUT2D eigenvalue weighted by Gasteiger charge is 2.48. The molecule has 3 aliphatic rings. The molecular formula is C24H37N5O10S. The molecule has 4 heterocycles. The number of hydrogen-bond donors (Lipinski definition) is 1. The van der Waals surface area contributed by atoms with E-state index < -0.39 is 51.9 Å². The first-order valence-corrected chi connectivity index (χ1v) is 14.5. The van der Waals surface area contributed by atoms with Gasteiger partial charge in [0.1, 0.15) is 22.7 Å². The van der Waals surface area contributed by atoms with Crippen molar-refractivity contribution in [2.45, 2.75) is 90.1 Å². The zero-order valence-corrected chi connectivity index (χ0v) is 24.3. The van der Waals surface area contributed by atoms with Gasteiger partial charge in [-0.15, -0.1) is 4.28 Å². The van der Waals surface area contributed by atoms with E-state index in [9.17, 15) is 22.8 Å². The molecule has 224 valence electrons. The average Bonchev–Trinajstić information content (AvgIpc) is 3.31. The van der Waals surface area contributed by atoms with Gasteiger partial charge in [-0.05, 0) is 54.4 Å². The maximum absolute atomic E-state index is 13.0. The molecule has 0 radical (unpaired) electrons. The quantitative estimate of drug-likeness (QED) is 0.465. The van der Waals surface area contributed by atoms with Crippen molar-refractivity contribution in [1.29, 1.82) is 0 Å². The minimum absolute atomic E-state index is 0.212. The Kier molecular flexibility index (Phi) is 7.99. The predicted octanol–water partition coefficient (Wildman–Crippen LogP) is 2.75. The smallest absolute Gasteiger partial charge is 0.418 e. The van der Waals surface area contributed by atoms with E-state index in [-0.39, 0.29) is 19.1 Å². The number of hydroxylamine groups is 2. The van der Waals surface area contributed by atoms with Gasteiger partial charge in [0.2, 0.25) is 0 Å². The minimum Gasteiger partial charge on any atom is -0.444 e. The largest absolute Gasteiger partial charge is 0.444 e. The van der Waals surface area contributed by atoms with Crippen molar-refractivity contribution >= 4 is 28.6 Å². The topological polar surface area (TPSA) is 172 Å². The monoisotopic (exact) mass is 587 g/mol. The first-order chi connectivity index (χ1) is 18.4. The van der Waals surface area contributed by atoms with Crippen LogP contribution < -0.4 is 0 Å². The van der Waals surface area contributed by atoms with Crippen LogP contribution >= 0.6 is 0 Å². The van der Waals surface area contributed by atoms with E-state index in [1.807, 2.05) is 0 Å². The van der Waals surface area contributed by atoms with Crippen molar-refractivity contribution in [3.05, 3.63) is 17.5 Å². The molecule has 15 nitrogen and oxygen atoms in total. The lowest BCUT2D eigenvalue weighted by Gasteiger charge is -2.45. The Labute approximate surface area is 233 Å². The van der Waals surface area contributed by atoms with E-state index in [1.165, 1.54) is 9.80 Å². The average molecular weight is 588 g/mol. The third kappa shape index (κ3) is 7.14. The lowest BCUT2D eigenvalue weighted by Crippen LogP contribution is -2.63. The van der Waals surface area contributed by atoms with Crippen molar-refractivity contribution in [2.24, 2.45) is 0 Å². The van der Waals surface area contributed by atoms with E-state index in [4.69, 9.17) is 18.5 Å². The Balaban J connectivity index is 1.39. The van der Waals surface area contributed by atoms with Crippen LogP contribution in [0.5, 0.6) is 0 Å². The zero-order valence-electron chi connectivity index (χ0n) is 23.5. The van der Waals surface area contributed by atoms with Gasteiger partial charge < -0.3 is 28.7 Å². The summed E-state index contributed by atoms with van der Waals surface area (Å²) in [5, 5.41) is 4.80. The summed E-state index contributed by atoms with van der Waals surface area (Å²) in [6.45, 7) is 11.7. The van der Waals surface area contributed by atoms with E-state index in [2.05, 4.69) is 9.44 Å². The lowest BCUT2D eigenvalue weighted by atomic mass is 9.98. The number of hydrogen-bond acceptors (Lipinski definition) is 10. The normalized spacial score (nSPS) is 21.9. The fraction of sp³-hybridized carbons (Fsp3) is 0.750. The summed E-state index contributed by atoms with van der Waals surface area (Å²) in [6.07, 6.45) is 0.268. The maximum atomic E-state index is 13.0. The summed E-state index contributed by atoms with van der Waals surface area (Å²) in [5.41, 5.74) is -0.853. The van der Waals surface area contributed by atoms with Gasteiger partial charge in [0.15, 0.2) is 0 Å². The van der Waals surface area contributed by atoms with Gasteiger partial charge in [0.05, 0.1) is 18.1 Å². The number of carbonyl (C=O) groups excluding carboxylic acids is 3. The van der Waals surface area contributed by atoms with Crippen molar-refractivity contribution < 1.29 is 45.6 Å². The highest BCUT2D eigenvalue weighted by Crippen LogP contribution is 2.38. The van der Waals surface area contributed by atoms with Crippen LogP contribution in [-0.4, -0.2) is 106 Å². The number of likely N-dealkylation sites (tertiary alicyclic amines) is 1. The summed E-state index contributed by atoms with van der Waals surface area (Å²) < 4.78 is 52.3. The van der Waals surface area contributed by atoms with Gasteiger partial charge >= 0.3 is 28.6 Å². The van der Waals surface area contributed by atoms with E-state index in [0.29, 0.717) is 48.9 Å². The Morgan fingerprint density at radius 2 is 1.75 bits per heavy atom. The fourth-order valence-corrected chi connectivity index (χ4v) is 5.23. The molecule has 0 aliphatic carbocycles. The first-order valence-electron chi connectivity index (χ1n) is 13.1. The molecule has 16 heteroatoms. The SMILES string of the molecule is CC(C)(C)OC(=O)N1CC(N(CCc2cc([C@@H]3CC[C@H]4CN3C(=O)N4OS(=O)(=O)O)no2)C(=O)OC(C)(C)C)C1. The van der Waals surface area contributed by atoms with Crippen LogP contribution in [0.2, 0.25) is 0 Å². The molecule has 2 bridgehead atoms. The number of carbonyl (C=O) groups is 3. The van der Waals surface area contributed by atoms with Gasteiger partial charge in [0.25, 0.3) is 0 Å². The van der Waals surface area contributed by atoms with Gasteiger partial charge in [-0.3, -0.25) is 4.55 Å². The molecule has 0 spiro atoms. The number of amides is 4. The summed E-state index contributed by atoms with van der Waals surface area (Å²) >= 11 is 0. The maximum Gasteiger partial charge on any atom is 0.418 e. The lowest BCUT2D eigenvalue weighted by molar-refractivity contribution is -0.0317. The van der Waals surface area contributed by atoms with Crippen LogP contribution in [0.15, 0.2) is 10.6 Å². The molecule has 4 rings (SSSR count). The Morgan fingerprint density at radius 1 is 1.10 bits per heavy atom. The molecule has 4 amide bonds. The third-order valence-electron chi connectivity index (χ3n) is 6.60. The van der Waals surface area contributed by atoms with Gasteiger partial charge in [-0.25, -0.2) is 14.4 Å². The van der Waals surface area contributed by atoms with Gasteiger partial charge in [-0.2, -0.15) is 13.5 Å². The first kappa shape index (κ1) is 29.9. The van der Waals surface area contributed by atoms with Gasteiger partial charge in [0, 0.05) is 38.7 Å². The molecule has 0 saturated carbocycles. The molecular weight excluding hydrogens is 550 g/mol. The second-order valence-corrected chi connectivity index (χ2v) is 13.2. The van der Waals surface area contributed by atoms with Crippen molar-refractivity contribution in [3.63, 3.8) is 0 Å². The van der Waals surface area contributed by atoms with Crippen LogP contribution in [0.1, 0.15) is 71.9 Å².